The SMILES string of the molecule is COc1cc(C=C2C(=O)NC(=O)NC2=O)cc(I)c1OCc1ccccc1C. The second-order valence-corrected chi connectivity index (χ2v) is 7.21. The zero-order valence-electron chi connectivity index (χ0n) is 15.2. The van der Waals surface area contributed by atoms with Gasteiger partial charge < -0.3 is 9.47 Å². The average molecular weight is 492 g/mol. The Morgan fingerprint density at radius 2 is 1.75 bits per heavy atom. The Bertz CT molecular complexity index is 978. The number of nitrogens with one attached hydrogen (secondary N) is 2. The van der Waals surface area contributed by atoms with E-state index in [0.717, 1.165) is 14.7 Å². The number of benzene rings is 2. The van der Waals surface area contributed by atoms with Gasteiger partial charge in [-0.3, -0.25) is 20.2 Å². The van der Waals surface area contributed by atoms with Gasteiger partial charge in [-0.1, -0.05) is 24.3 Å². The number of methoxy groups -OCH3 is 1. The first-order chi connectivity index (χ1) is 13.4. The second kappa shape index (κ2) is 8.42. The number of hydrogen-bond donors (Lipinski definition) is 2. The normalized spacial score (nSPS) is 13.7. The molecule has 2 aromatic carbocycles. The summed E-state index contributed by atoms with van der Waals surface area (Å²) in [6, 6.07) is 10.5. The average Bonchev–Trinajstić information content (AvgIpc) is 2.64. The van der Waals surface area contributed by atoms with Crippen molar-refractivity contribution in [3.8, 4) is 11.5 Å². The predicted molar refractivity (Wildman–Crippen MR) is 111 cm³/mol. The molecule has 1 saturated heterocycles. The minimum Gasteiger partial charge on any atom is -0.493 e. The molecular formula is C20H17IN2O5. The molecule has 0 radical (unpaired) electrons. The van der Waals surface area contributed by atoms with Gasteiger partial charge in [0.1, 0.15) is 12.2 Å². The number of ether oxygens (including phenoxy) is 2. The third kappa shape index (κ3) is 4.33. The van der Waals surface area contributed by atoms with E-state index in [1.165, 1.54) is 13.2 Å². The fourth-order valence-electron chi connectivity index (χ4n) is 2.66. The van der Waals surface area contributed by atoms with Gasteiger partial charge in [0.05, 0.1) is 10.7 Å². The highest BCUT2D eigenvalue weighted by molar-refractivity contribution is 14.1. The van der Waals surface area contributed by atoms with Crippen molar-refractivity contribution in [2.75, 3.05) is 7.11 Å². The molecule has 0 bridgehead atoms. The zero-order valence-corrected chi connectivity index (χ0v) is 17.3. The molecule has 0 spiro atoms. The summed E-state index contributed by atoms with van der Waals surface area (Å²) in [5.41, 5.74) is 2.60. The lowest BCUT2D eigenvalue weighted by Crippen LogP contribution is -2.51. The molecule has 0 aromatic heterocycles. The van der Waals surface area contributed by atoms with E-state index in [-0.39, 0.29) is 5.57 Å². The van der Waals surface area contributed by atoms with Gasteiger partial charge in [-0.2, -0.15) is 0 Å². The van der Waals surface area contributed by atoms with Gasteiger partial charge in [0.15, 0.2) is 11.5 Å². The fraction of sp³-hybridized carbons (Fsp3) is 0.150. The van der Waals surface area contributed by atoms with Gasteiger partial charge in [-0.15, -0.1) is 0 Å². The minimum absolute atomic E-state index is 0.161. The van der Waals surface area contributed by atoms with Gasteiger partial charge in [0.25, 0.3) is 11.8 Å². The minimum atomic E-state index is -0.834. The van der Waals surface area contributed by atoms with Crippen LogP contribution in [-0.2, 0) is 16.2 Å². The van der Waals surface area contributed by atoms with E-state index in [2.05, 4.69) is 22.6 Å². The highest BCUT2D eigenvalue weighted by Gasteiger charge is 2.27. The monoisotopic (exact) mass is 492 g/mol. The van der Waals surface area contributed by atoms with Crippen LogP contribution in [0.1, 0.15) is 16.7 Å². The number of hydrogen-bond acceptors (Lipinski definition) is 5. The van der Waals surface area contributed by atoms with E-state index < -0.39 is 17.8 Å². The van der Waals surface area contributed by atoms with Crippen molar-refractivity contribution in [2.24, 2.45) is 0 Å². The summed E-state index contributed by atoms with van der Waals surface area (Å²) in [6.07, 6.45) is 1.40. The quantitative estimate of drug-likeness (QED) is 0.381. The smallest absolute Gasteiger partial charge is 0.328 e. The standard InChI is InChI=1S/C20H17IN2O5/c1-11-5-3-4-6-13(11)10-28-17-15(21)8-12(9-16(17)27-2)7-14-18(24)22-20(26)23-19(14)25/h3-9H,10H2,1-2H3,(H2,22,23,24,25,26). The van der Waals surface area contributed by atoms with Crippen LogP contribution in [0.4, 0.5) is 4.79 Å². The number of carbonyl (C=O) groups excluding carboxylic acids is 3. The summed E-state index contributed by atoms with van der Waals surface area (Å²) in [5, 5.41) is 4.08. The molecule has 1 aliphatic rings. The van der Waals surface area contributed by atoms with Crippen LogP contribution in [0.5, 0.6) is 11.5 Å². The summed E-state index contributed by atoms with van der Waals surface area (Å²) in [4.78, 5) is 35.0. The lowest BCUT2D eigenvalue weighted by Gasteiger charge is -2.16. The van der Waals surface area contributed by atoms with Crippen LogP contribution in [0.2, 0.25) is 0 Å². The second-order valence-electron chi connectivity index (χ2n) is 6.04. The summed E-state index contributed by atoms with van der Waals surface area (Å²) >= 11 is 2.10. The van der Waals surface area contributed by atoms with E-state index in [0.29, 0.717) is 23.7 Å². The van der Waals surface area contributed by atoms with Gasteiger partial charge >= 0.3 is 6.03 Å². The summed E-state index contributed by atoms with van der Waals surface area (Å²) < 4.78 is 12.2. The van der Waals surface area contributed by atoms with Crippen LogP contribution in [0, 0.1) is 10.5 Å². The molecule has 3 rings (SSSR count). The molecule has 1 fully saturated rings. The molecular weight excluding hydrogens is 475 g/mol. The van der Waals surface area contributed by atoms with Crippen molar-refractivity contribution in [1.29, 1.82) is 0 Å². The molecule has 7 nitrogen and oxygen atoms in total. The van der Waals surface area contributed by atoms with Crippen LogP contribution in [0.3, 0.4) is 0 Å². The van der Waals surface area contributed by atoms with Gasteiger partial charge in [-0.25, -0.2) is 4.79 Å². The molecule has 2 N–H and O–H groups in total. The van der Waals surface area contributed by atoms with Crippen molar-refractivity contribution < 1.29 is 23.9 Å². The third-order valence-corrected chi connectivity index (χ3v) is 4.94. The molecule has 4 amide bonds. The van der Waals surface area contributed by atoms with Gasteiger partial charge in [0, 0.05) is 0 Å². The Morgan fingerprint density at radius 1 is 1.07 bits per heavy atom. The maximum atomic E-state index is 11.9. The van der Waals surface area contributed by atoms with Crippen LogP contribution in [-0.4, -0.2) is 25.0 Å². The van der Waals surface area contributed by atoms with Gasteiger partial charge in [0.2, 0.25) is 0 Å². The molecule has 8 heteroatoms. The lowest BCUT2D eigenvalue weighted by atomic mass is 10.1. The van der Waals surface area contributed by atoms with Crippen LogP contribution in [0.25, 0.3) is 6.08 Å². The molecule has 0 atom stereocenters. The first-order valence-corrected chi connectivity index (χ1v) is 9.40. The van der Waals surface area contributed by atoms with Crippen molar-refractivity contribution in [1.82, 2.24) is 10.6 Å². The number of rotatable bonds is 5. The molecule has 0 aliphatic carbocycles. The maximum absolute atomic E-state index is 11.9. The molecule has 1 aliphatic heterocycles. The largest absolute Gasteiger partial charge is 0.493 e. The summed E-state index contributed by atoms with van der Waals surface area (Å²) in [6.45, 7) is 2.40. The third-order valence-electron chi connectivity index (χ3n) is 4.14. The molecule has 28 heavy (non-hydrogen) atoms. The number of amides is 4. The van der Waals surface area contributed by atoms with E-state index in [1.807, 2.05) is 41.8 Å². The molecule has 1 heterocycles. The first kappa shape index (κ1) is 19.9. The topological polar surface area (TPSA) is 93.7 Å². The van der Waals surface area contributed by atoms with E-state index >= 15 is 0 Å². The fourth-order valence-corrected chi connectivity index (χ4v) is 3.44. The van der Waals surface area contributed by atoms with Crippen molar-refractivity contribution in [2.45, 2.75) is 13.5 Å². The van der Waals surface area contributed by atoms with Crippen molar-refractivity contribution >= 4 is 46.5 Å². The molecule has 0 saturated carbocycles. The Morgan fingerprint density at radius 3 is 2.39 bits per heavy atom. The highest BCUT2D eigenvalue weighted by Crippen LogP contribution is 2.35. The first-order valence-electron chi connectivity index (χ1n) is 8.32. The number of imide groups is 2. The predicted octanol–water partition coefficient (Wildman–Crippen LogP) is 2.94. The van der Waals surface area contributed by atoms with E-state index in [9.17, 15) is 14.4 Å². The summed E-state index contributed by atoms with van der Waals surface area (Å²) in [7, 11) is 1.52. The molecule has 0 unspecified atom stereocenters. The number of halogens is 1. The summed E-state index contributed by atoms with van der Waals surface area (Å²) in [5.74, 6) is -0.452. The lowest BCUT2D eigenvalue weighted by molar-refractivity contribution is -0.123. The van der Waals surface area contributed by atoms with E-state index in [1.54, 1.807) is 12.1 Å². The number of aryl methyl sites for hydroxylation is 1. The van der Waals surface area contributed by atoms with Gasteiger partial charge in [-0.05, 0) is 64.4 Å². The Balaban J connectivity index is 1.88. The Kier molecular flexibility index (Phi) is 5.98. The Labute approximate surface area is 175 Å². The van der Waals surface area contributed by atoms with Crippen molar-refractivity contribution in [3.05, 3.63) is 62.2 Å². The number of urea groups is 1. The van der Waals surface area contributed by atoms with Crippen molar-refractivity contribution in [3.63, 3.8) is 0 Å². The maximum Gasteiger partial charge on any atom is 0.328 e. The van der Waals surface area contributed by atoms with Crippen LogP contribution >= 0.6 is 22.6 Å². The number of carbonyl (C=O) groups is 3. The number of barbiturate groups is 1. The highest BCUT2D eigenvalue weighted by atomic mass is 127. The van der Waals surface area contributed by atoms with Crippen LogP contribution in [0.15, 0.2) is 42.0 Å². The van der Waals surface area contributed by atoms with E-state index in [4.69, 9.17) is 9.47 Å². The molecule has 2 aromatic rings. The Hall–Kier alpha value is -2.88. The van der Waals surface area contributed by atoms with Crippen LogP contribution < -0.4 is 20.1 Å². The zero-order chi connectivity index (χ0) is 20.3. The molecule has 144 valence electrons.